The molecular formula is C50H36N2O. The average molecular weight is 681 g/mol. The molecule has 0 spiro atoms. The minimum Gasteiger partial charge on any atom is -0.436 e. The number of rotatable bonds is 6. The number of benzene rings is 8. The number of aromatic nitrogens is 1. The van der Waals surface area contributed by atoms with Gasteiger partial charge in [-0.15, -0.1) is 0 Å². The van der Waals surface area contributed by atoms with E-state index in [1.165, 1.54) is 33.4 Å². The van der Waals surface area contributed by atoms with Crippen LogP contribution in [0.15, 0.2) is 186 Å². The molecule has 1 aromatic heterocycles. The zero-order valence-electron chi connectivity index (χ0n) is 29.6. The molecule has 0 amide bonds. The van der Waals surface area contributed by atoms with Gasteiger partial charge >= 0.3 is 0 Å². The van der Waals surface area contributed by atoms with E-state index < -0.39 is 0 Å². The van der Waals surface area contributed by atoms with Crippen LogP contribution in [0.2, 0.25) is 0 Å². The first-order valence-electron chi connectivity index (χ1n) is 18.2. The lowest BCUT2D eigenvalue weighted by molar-refractivity contribution is 0.620. The van der Waals surface area contributed by atoms with Crippen molar-refractivity contribution >= 4 is 38.9 Å². The zero-order chi connectivity index (χ0) is 35.5. The first-order chi connectivity index (χ1) is 26.0. The van der Waals surface area contributed by atoms with Crippen LogP contribution >= 0.6 is 0 Å². The molecular weight excluding hydrogens is 645 g/mol. The maximum Gasteiger partial charge on any atom is 0.227 e. The molecule has 252 valence electrons. The Kier molecular flexibility index (Phi) is 7.16. The molecule has 1 heterocycles. The summed E-state index contributed by atoms with van der Waals surface area (Å²) in [6.07, 6.45) is 0. The van der Waals surface area contributed by atoms with E-state index in [1.54, 1.807) is 0 Å². The molecule has 9 aromatic rings. The van der Waals surface area contributed by atoms with Crippen LogP contribution in [0.4, 0.5) is 17.1 Å². The standard InChI is InChI=1S/C50H36N2O/c1-50(2)44-19-10-9-17-42(44)43-30-29-40(32-45(43)50)52(38-25-20-34(21-26-38)33-12-5-3-6-13-33)39-27-22-35(23-28-39)41-18-11-16-36-24-31-46-48(47(36)41)51-49(53-46)37-14-7-4-8-15-37/h3-32H,1-2H3. The fraction of sp³-hybridized carbons (Fsp3) is 0.0600. The Morgan fingerprint density at radius 2 is 1.04 bits per heavy atom. The van der Waals surface area contributed by atoms with Crippen molar-refractivity contribution in [3.05, 3.63) is 193 Å². The van der Waals surface area contributed by atoms with Crippen LogP contribution in [0, 0.1) is 0 Å². The van der Waals surface area contributed by atoms with E-state index in [4.69, 9.17) is 9.40 Å². The van der Waals surface area contributed by atoms with Gasteiger partial charge in [-0.1, -0.05) is 141 Å². The van der Waals surface area contributed by atoms with Crippen molar-refractivity contribution in [1.29, 1.82) is 0 Å². The summed E-state index contributed by atoms with van der Waals surface area (Å²) in [6.45, 7) is 4.68. The highest BCUT2D eigenvalue weighted by Gasteiger charge is 2.35. The van der Waals surface area contributed by atoms with Gasteiger partial charge in [-0.25, -0.2) is 4.98 Å². The summed E-state index contributed by atoms with van der Waals surface area (Å²) < 4.78 is 6.29. The van der Waals surface area contributed by atoms with Crippen LogP contribution in [0.1, 0.15) is 25.0 Å². The van der Waals surface area contributed by atoms with Crippen LogP contribution in [0.3, 0.4) is 0 Å². The molecule has 0 unspecified atom stereocenters. The van der Waals surface area contributed by atoms with Crippen molar-refractivity contribution in [1.82, 2.24) is 4.98 Å². The van der Waals surface area contributed by atoms with Gasteiger partial charge in [0.05, 0.1) is 0 Å². The molecule has 0 N–H and O–H groups in total. The Morgan fingerprint density at radius 1 is 0.453 bits per heavy atom. The van der Waals surface area contributed by atoms with Gasteiger partial charge in [-0.3, -0.25) is 0 Å². The summed E-state index contributed by atoms with van der Waals surface area (Å²) in [5, 5.41) is 2.23. The van der Waals surface area contributed by atoms with E-state index in [2.05, 4.69) is 164 Å². The minimum absolute atomic E-state index is 0.101. The number of hydrogen-bond acceptors (Lipinski definition) is 3. The van der Waals surface area contributed by atoms with Crippen molar-refractivity contribution in [3.8, 4) is 44.8 Å². The molecule has 0 saturated heterocycles. The number of fused-ring (bicyclic) bond motifs is 6. The van der Waals surface area contributed by atoms with E-state index >= 15 is 0 Å². The zero-order valence-corrected chi connectivity index (χ0v) is 29.6. The first-order valence-corrected chi connectivity index (χ1v) is 18.2. The second-order valence-corrected chi connectivity index (χ2v) is 14.4. The maximum absolute atomic E-state index is 6.29. The molecule has 3 heteroatoms. The van der Waals surface area contributed by atoms with Crippen molar-refractivity contribution in [2.24, 2.45) is 0 Å². The van der Waals surface area contributed by atoms with E-state index in [0.29, 0.717) is 5.89 Å². The lowest BCUT2D eigenvalue weighted by atomic mass is 9.82. The normalized spacial score (nSPS) is 12.9. The highest BCUT2D eigenvalue weighted by molar-refractivity contribution is 6.12. The monoisotopic (exact) mass is 680 g/mol. The summed E-state index contributed by atoms with van der Waals surface area (Å²) in [4.78, 5) is 7.41. The van der Waals surface area contributed by atoms with Crippen LogP contribution < -0.4 is 4.90 Å². The topological polar surface area (TPSA) is 29.3 Å². The SMILES string of the molecule is CC1(C)c2ccccc2-c2ccc(N(c3ccc(-c4ccccc4)cc3)c3ccc(-c4cccc5ccc6oc(-c7ccccc7)nc6c45)cc3)cc21. The van der Waals surface area contributed by atoms with Crippen LogP contribution in [-0.4, -0.2) is 4.98 Å². The third kappa shape index (κ3) is 5.16. The quantitative estimate of drug-likeness (QED) is 0.175. The fourth-order valence-corrected chi connectivity index (χ4v) is 8.21. The van der Waals surface area contributed by atoms with Crippen LogP contribution in [-0.2, 0) is 5.41 Å². The Balaban J connectivity index is 1.09. The molecule has 0 atom stereocenters. The van der Waals surface area contributed by atoms with Crippen LogP contribution in [0.5, 0.6) is 0 Å². The molecule has 1 aliphatic carbocycles. The third-order valence-corrected chi connectivity index (χ3v) is 10.9. The third-order valence-electron chi connectivity index (χ3n) is 10.9. The predicted octanol–water partition coefficient (Wildman–Crippen LogP) is 13.8. The molecule has 3 nitrogen and oxygen atoms in total. The summed E-state index contributed by atoms with van der Waals surface area (Å²) in [5.74, 6) is 0.632. The predicted molar refractivity (Wildman–Crippen MR) is 220 cm³/mol. The van der Waals surface area contributed by atoms with E-state index in [0.717, 1.165) is 55.6 Å². The Labute approximate surface area is 309 Å². The van der Waals surface area contributed by atoms with E-state index in [-0.39, 0.29) is 5.41 Å². The molecule has 0 saturated carbocycles. The summed E-state index contributed by atoms with van der Waals surface area (Å²) >= 11 is 0. The lowest BCUT2D eigenvalue weighted by Crippen LogP contribution is -2.16. The van der Waals surface area contributed by atoms with Gasteiger partial charge < -0.3 is 9.32 Å². The first kappa shape index (κ1) is 31.1. The van der Waals surface area contributed by atoms with Gasteiger partial charge in [-0.2, -0.15) is 0 Å². The largest absolute Gasteiger partial charge is 0.436 e. The summed E-state index contributed by atoms with van der Waals surface area (Å²) in [6, 6.07) is 65.0. The Morgan fingerprint density at radius 3 is 1.77 bits per heavy atom. The molecule has 0 fully saturated rings. The molecule has 0 bridgehead atoms. The highest BCUT2D eigenvalue weighted by atomic mass is 16.3. The van der Waals surface area contributed by atoms with Gasteiger partial charge in [-0.05, 0) is 104 Å². The van der Waals surface area contributed by atoms with Crippen molar-refractivity contribution in [2.75, 3.05) is 4.90 Å². The summed E-state index contributed by atoms with van der Waals surface area (Å²) in [7, 11) is 0. The van der Waals surface area contributed by atoms with E-state index in [9.17, 15) is 0 Å². The maximum atomic E-state index is 6.29. The van der Waals surface area contributed by atoms with Gasteiger partial charge in [0.2, 0.25) is 5.89 Å². The van der Waals surface area contributed by atoms with Gasteiger partial charge in [0.1, 0.15) is 5.52 Å². The van der Waals surface area contributed by atoms with Gasteiger partial charge in [0.25, 0.3) is 0 Å². The van der Waals surface area contributed by atoms with Crippen molar-refractivity contribution in [2.45, 2.75) is 19.3 Å². The summed E-state index contributed by atoms with van der Waals surface area (Å²) in [5.41, 5.74) is 15.9. The van der Waals surface area contributed by atoms with Gasteiger partial charge in [0.15, 0.2) is 5.58 Å². The molecule has 53 heavy (non-hydrogen) atoms. The fourth-order valence-electron chi connectivity index (χ4n) is 8.21. The molecule has 1 aliphatic rings. The average Bonchev–Trinajstić information content (AvgIpc) is 3.76. The van der Waals surface area contributed by atoms with Gasteiger partial charge in [0, 0.05) is 33.4 Å². The van der Waals surface area contributed by atoms with Crippen molar-refractivity contribution < 1.29 is 4.42 Å². The smallest absolute Gasteiger partial charge is 0.227 e. The van der Waals surface area contributed by atoms with E-state index in [1.807, 2.05) is 36.4 Å². The number of anilines is 3. The highest BCUT2D eigenvalue weighted by Crippen LogP contribution is 2.50. The number of hydrogen-bond donors (Lipinski definition) is 0. The molecule has 10 rings (SSSR count). The molecule has 8 aromatic carbocycles. The second-order valence-electron chi connectivity index (χ2n) is 14.4. The number of oxazole rings is 1. The van der Waals surface area contributed by atoms with Crippen LogP contribution in [0.25, 0.3) is 66.7 Å². The molecule has 0 radical (unpaired) electrons. The number of nitrogens with zero attached hydrogens (tertiary/aromatic N) is 2. The molecule has 0 aliphatic heterocycles. The Hall–Kier alpha value is -6.71. The second kappa shape index (κ2) is 12.2. The Bertz CT molecular complexity index is 2780. The lowest BCUT2D eigenvalue weighted by Gasteiger charge is -2.28. The van der Waals surface area contributed by atoms with Crippen molar-refractivity contribution in [3.63, 3.8) is 0 Å². The minimum atomic E-state index is -0.101.